The van der Waals surface area contributed by atoms with Crippen LogP contribution in [0.3, 0.4) is 0 Å². The third kappa shape index (κ3) is 4.64. The second kappa shape index (κ2) is 7.83. The number of rotatable bonds is 4. The molecule has 154 valence electrons. The van der Waals surface area contributed by atoms with Gasteiger partial charge in [-0.05, 0) is 33.6 Å². The summed E-state index contributed by atoms with van der Waals surface area (Å²) in [4.78, 5) is 30.0. The van der Waals surface area contributed by atoms with Crippen molar-refractivity contribution in [1.82, 2.24) is 15.2 Å². The summed E-state index contributed by atoms with van der Waals surface area (Å²) in [6, 6.07) is 1.76. The van der Waals surface area contributed by atoms with Crippen LogP contribution in [-0.4, -0.2) is 64.5 Å². The lowest BCUT2D eigenvalue weighted by atomic mass is 9.87. The minimum absolute atomic E-state index is 0.273. The van der Waals surface area contributed by atoms with Gasteiger partial charge < -0.3 is 24.2 Å². The second-order valence-electron chi connectivity index (χ2n) is 8.03. The molecule has 1 saturated heterocycles. The fraction of sp³-hybridized carbons (Fsp3) is 0.632. The molecular weight excluding hydrogens is 366 g/mol. The first-order valence-electron chi connectivity index (χ1n) is 9.39. The standard InChI is InChI=1S/C19H27N3O6/c1-18(2,3)28-17(25)22-6-4-19(5-7-22,16(23)24)21-11-13-10-14-15(12-20-13)27-9-8-26-14/h10,12,21H,4-9,11H2,1-3H3,(H,23,24). The van der Waals surface area contributed by atoms with Gasteiger partial charge in [-0.15, -0.1) is 0 Å². The van der Waals surface area contributed by atoms with Crippen molar-refractivity contribution in [1.29, 1.82) is 0 Å². The van der Waals surface area contributed by atoms with Crippen molar-refractivity contribution in [3.63, 3.8) is 0 Å². The lowest BCUT2D eigenvalue weighted by Crippen LogP contribution is -2.59. The molecule has 9 heteroatoms. The first-order chi connectivity index (χ1) is 13.2. The summed E-state index contributed by atoms with van der Waals surface area (Å²) in [5, 5.41) is 12.9. The molecule has 3 rings (SSSR count). The van der Waals surface area contributed by atoms with Gasteiger partial charge in [-0.2, -0.15) is 0 Å². The molecule has 0 bridgehead atoms. The molecule has 1 aromatic heterocycles. The zero-order valence-electron chi connectivity index (χ0n) is 16.5. The number of amides is 1. The summed E-state index contributed by atoms with van der Waals surface area (Å²) in [6.45, 7) is 7.27. The fourth-order valence-corrected chi connectivity index (χ4v) is 3.21. The van der Waals surface area contributed by atoms with Crippen LogP contribution in [0.5, 0.6) is 11.5 Å². The molecule has 2 aliphatic heterocycles. The predicted octanol–water partition coefficient (Wildman–Crippen LogP) is 1.80. The van der Waals surface area contributed by atoms with Gasteiger partial charge >= 0.3 is 12.1 Å². The number of ether oxygens (including phenoxy) is 3. The van der Waals surface area contributed by atoms with Crippen molar-refractivity contribution in [2.45, 2.75) is 51.3 Å². The van der Waals surface area contributed by atoms with E-state index in [9.17, 15) is 14.7 Å². The van der Waals surface area contributed by atoms with Crippen LogP contribution in [-0.2, 0) is 16.1 Å². The predicted molar refractivity (Wildman–Crippen MR) is 99.5 cm³/mol. The van der Waals surface area contributed by atoms with Gasteiger partial charge in [-0.3, -0.25) is 15.1 Å². The highest BCUT2D eigenvalue weighted by Crippen LogP contribution is 2.30. The van der Waals surface area contributed by atoms with Crippen molar-refractivity contribution in [2.75, 3.05) is 26.3 Å². The lowest BCUT2D eigenvalue weighted by Gasteiger charge is -2.39. The van der Waals surface area contributed by atoms with Crippen molar-refractivity contribution in [3.8, 4) is 11.5 Å². The number of nitrogens with one attached hydrogen (secondary N) is 1. The molecule has 0 saturated carbocycles. The zero-order valence-corrected chi connectivity index (χ0v) is 16.5. The molecule has 1 amide bonds. The number of carbonyl (C=O) groups excluding carboxylic acids is 1. The molecule has 9 nitrogen and oxygen atoms in total. The Labute approximate surface area is 164 Å². The number of carbonyl (C=O) groups is 2. The van der Waals surface area contributed by atoms with Gasteiger partial charge in [0, 0.05) is 25.7 Å². The van der Waals surface area contributed by atoms with Gasteiger partial charge in [0.2, 0.25) is 0 Å². The molecule has 3 heterocycles. The Balaban J connectivity index is 1.61. The van der Waals surface area contributed by atoms with Crippen molar-refractivity contribution in [3.05, 3.63) is 18.0 Å². The Hall–Kier alpha value is -2.55. The topological polar surface area (TPSA) is 110 Å². The van der Waals surface area contributed by atoms with Crippen LogP contribution in [0.25, 0.3) is 0 Å². The van der Waals surface area contributed by atoms with E-state index in [4.69, 9.17) is 14.2 Å². The highest BCUT2D eigenvalue weighted by atomic mass is 16.6. The van der Waals surface area contributed by atoms with E-state index < -0.39 is 23.2 Å². The summed E-state index contributed by atoms with van der Waals surface area (Å²) >= 11 is 0. The third-order valence-electron chi connectivity index (χ3n) is 4.77. The van der Waals surface area contributed by atoms with Gasteiger partial charge in [-0.25, -0.2) is 4.79 Å². The Morgan fingerprint density at radius 1 is 1.25 bits per heavy atom. The molecule has 0 spiro atoms. The monoisotopic (exact) mass is 393 g/mol. The van der Waals surface area contributed by atoms with E-state index >= 15 is 0 Å². The summed E-state index contributed by atoms with van der Waals surface area (Å²) < 4.78 is 16.4. The fourth-order valence-electron chi connectivity index (χ4n) is 3.21. The van der Waals surface area contributed by atoms with Crippen LogP contribution in [0.4, 0.5) is 4.79 Å². The van der Waals surface area contributed by atoms with E-state index in [1.54, 1.807) is 37.9 Å². The van der Waals surface area contributed by atoms with Crippen molar-refractivity contribution in [2.24, 2.45) is 0 Å². The first kappa shape index (κ1) is 20.2. The molecule has 0 radical (unpaired) electrons. The van der Waals surface area contributed by atoms with E-state index in [-0.39, 0.29) is 19.4 Å². The summed E-state index contributed by atoms with van der Waals surface area (Å²) in [7, 11) is 0. The maximum Gasteiger partial charge on any atom is 0.410 e. The highest BCUT2D eigenvalue weighted by molar-refractivity contribution is 5.79. The van der Waals surface area contributed by atoms with Crippen LogP contribution in [0.15, 0.2) is 12.3 Å². The number of aliphatic carboxylic acids is 1. The van der Waals surface area contributed by atoms with E-state index in [0.29, 0.717) is 43.5 Å². The van der Waals surface area contributed by atoms with Crippen LogP contribution in [0.2, 0.25) is 0 Å². The maximum absolute atomic E-state index is 12.2. The molecule has 1 aromatic rings. The molecule has 1 fully saturated rings. The molecule has 0 aromatic carbocycles. The molecule has 0 atom stereocenters. The minimum atomic E-state index is -1.12. The largest absolute Gasteiger partial charge is 0.486 e. The minimum Gasteiger partial charge on any atom is -0.486 e. The number of fused-ring (bicyclic) bond motifs is 1. The molecule has 2 N–H and O–H groups in total. The summed E-state index contributed by atoms with van der Waals surface area (Å²) in [5.41, 5.74) is -1.03. The molecule has 0 aliphatic carbocycles. The lowest BCUT2D eigenvalue weighted by molar-refractivity contribution is -0.147. The summed E-state index contributed by atoms with van der Waals surface area (Å²) in [5.74, 6) is 0.268. The zero-order chi connectivity index (χ0) is 20.4. The highest BCUT2D eigenvalue weighted by Gasteiger charge is 2.42. The first-order valence-corrected chi connectivity index (χ1v) is 9.39. The number of carboxylic acid groups (broad SMARTS) is 1. The van der Waals surface area contributed by atoms with Gasteiger partial charge in [0.25, 0.3) is 0 Å². The van der Waals surface area contributed by atoms with Crippen LogP contribution >= 0.6 is 0 Å². The van der Waals surface area contributed by atoms with E-state index in [2.05, 4.69) is 10.3 Å². The van der Waals surface area contributed by atoms with Gasteiger partial charge in [0.1, 0.15) is 24.4 Å². The quantitative estimate of drug-likeness (QED) is 0.797. The average molecular weight is 393 g/mol. The number of nitrogens with zero attached hydrogens (tertiary/aromatic N) is 2. The van der Waals surface area contributed by atoms with Crippen LogP contribution < -0.4 is 14.8 Å². The Kier molecular flexibility index (Phi) is 5.64. The normalized spacial score (nSPS) is 18.5. The molecule has 0 unspecified atom stereocenters. The van der Waals surface area contributed by atoms with E-state index in [1.807, 2.05) is 0 Å². The summed E-state index contributed by atoms with van der Waals surface area (Å²) in [6.07, 6.45) is 1.74. The number of aromatic nitrogens is 1. The Bertz CT molecular complexity index is 738. The number of carboxylic acids is 1. The number of pyridine rings is 1. The van der Waals surface area contributed by atoms with Crippen molar-refractivity contribution >= 4 is 12.1 Å². The van der Waals surface area contributed by atoms with Crippen molar-refractivity contribution < 1.29 is 28.9 Å². The van der Waals surface area contributed by atoms with Gasteiger partial charge in [0.05, 0.1) is 11.9 Å². The van der Waals surface area contributed by atoms with Crippen LogP contribution in [0.1, 0.15) is 39.3 Å². The number of hydrogen-bond acceptors (Lipinski definition) is 7. The average Bonchev–Trinajstić information content (AvgIpc) is 2.65. The number of likely N-dealkylation sites (tertiary alicyclic amines) is 1. The smallest absolute Gasteiger partial charge is 0.410 e. The van der Waals surface area contributed by atoms with Gasteiger partial charge in [-0.1, -0.05) is 0 Å². The van der Waals surface area contributed by atoms with E-state index in [0.717, 1.165) is 0 Å². The molecular formula is C19H27N3O6. The second-order valence-corrected chi connectivity index (χ2v) is 8.03. The number of piperidine rings is 1. The number of hydrogen-bond donors (Lipinski definition) is 2. The maximum atomic E-state index is 12.2. The third-order valence-corrected chi connectivity index (χ3v) is 4.77. The SMILES string of the molecule is CC(C)(C)OC(=O)N1CCC(NCc2cc3c(cn2)OCCO3)(C(=O)O)CC1. The Morgan fingerprint density at radius 2 is 1.89 bits per heavy atom. The molecule has 2 aliphatic rings. The van der Waals surface area contributed by atoms with Gasteiger partial charge in [0.15, 0.2) is 11.5 Å². The van der Waals surface area contributed by atoms with E-state index in [1.165, 1.54) is 0 Å². The Morgan fingerprint density at radius 3 is 2.50 bits per heavy atom. The van der Waals surface area contributed by atoms with Crippen LogP contribution in [0, 0.1) is 0 Å². The molecule has 28 heavy (non-hydrogen) atoms.